The van der Waals surface area contributed by atoms with Gasteiger partial charge in [-0.05, 0) is 54.0 Å². The Morgan fingerprint density at radius 3 is 2.51 bits per heavy atom. The Hall–Kier alpha value is -4.01. The highest BCUT2D eigenvalue weighted by atomic mass is 32.2. The van der Waals surface area contributed by atoms with Gasteiger partial charge in [-0.25, -0.2) is 0 Å². The third-order valence-electron chi connectivity index (χ3n) is 9.99. The van der Waals surface area contributed by atoms with Crippen molar-refractivity contribution < 1.29 is 28.8 Å². The molecule has 8 rings (SSSR count). The summed E-state index contributed by atoms with van der Waals surface area (Å²) in [7, 11) is 0. The number of hydrogen-bond acceptors (Lipinski definition) is 10. The van der Waals surface area contributed by atoms with Crippen molar-refractivity contribution in [2.45, 2.75) is 22.6 Å². The lowest BCUT2D eigenvalue weighted by Gasteiger charge is -2.43. The zero-order chi connectivity index (χ0) is 31.0. The van der Waals surface area contributed by atoms with Gasteiger partial charge >= 0.3 is 4.87 Å². The number of anilines is 1. The van der Waals surface area contributed by atoms with Gasteiger partial charge in [-0.2, -0.15) is 0 Å². The molecule has 12 nitrogen and oxygen atoms in total. The molecule has 2 aliphatic carbocycles. The van der Waals surface area contributed by atoms with Crippen LogP contribution in [0.5, 0.6) is 5.75 Å². The summed E-state index contributed by atoms with van der Waals surface area (Å²) < 4.78 is 11.3. The number of aromatic nitrogens is 1. The molecule has 2 bridgehead atoms. The Morgan fingerprint density at radius 1 is 1.04 bits per heavy atom. The van der Waals surface area contributed by atoms with Gasteiger partial charge in [0.05, 0.1) is 40.7 Å². The van der Waals surface area contributed by atoms with Gasteiger partial charge in [0.25, 0.3) is 11.6 Å². The van der Waals surface area contributed by atoms with Crippen LogP contribution in [0.2, 0.25) is 0 Å². The summed E-state index contributed by atoms with van der Waals surface area (Å²) in [5, 5.41) is 12.0. The van der Waals surface area contributed by atoms with Crippen LogP contribution < -0.4 is 14.5 Å². The fourth-order valence-corrected chi connectivity index (χ4v) is 11.1. The minimum atomic E-state index is -0.514. The average molecular weight is 649 g/mol. The lowest BCUT2D eigenvalue weighted by Crippen LogP contribution is -2.43. The summed E-state index contributed by atoms with van der Waals surface area (Å²) in [5.41, 5.74) is 1.17. The molecule has 1 N–H and O–H groups in total. The molecule has 1 aromatic heterocycles. The third-order valence-corrected chi connectivity index (χ3v) is 12.6. The smallest absolute Gasteiger partial charge is 0.305 e. The van der Waals surface area contributed by atoms with E-state index >= 15 is 0 Å². The van der Waals surface area contributed by atoms with Crippen LogP contribution in [0.1, 0.15) is 22.8 Å². The Kier molecular flexibility index (Phi) is 6.84. The number of aromatic amines is 1. The molecule has 3 amide bonds. The summed E-state index contributed by atoms with van der Waals surface area (Å²) in [6.07, 6.45) is 0.739. The van der Waals surface area contributed by atoms with E-state index < -0.39 is 16.8 Å². The van der Waals surface area contributed by atoms with Crippen molar-refractivity contribution in [2.75, 3.05) is 37.8 Å². The second kappa shape index (κ2) is 10.8. The predicted octanol–water partition coefficient (Wildman–Crippen LogP) is 3.26. The summed E-state index contributed by atoms with van der Waals surface area (Å²) in [4.78, 5) is 70.5. The number of non-ortho nitro benzene ring substituents is 1. The number of carbonyl (C=O) groups is 3. The normalized spacial score (nSPS) is 29.8. The maximum absolute atomic E-state index is 14.0. The van der Waals surface area contributed by atoms with Crippen molar-refractivity contribution in [1.29, 1.82) is 0 Å². The number of imide groups is 1. The number of fused-ring (bicyclic) bond motifs is 9. The molecule has 2 saturated carbocycles. The maximum atomic E-state index is 14.0. The van der Waals surface area contributed by atoms with Crippen LogP contribution in [0.3, 0.4) is 0 Å². The molecule has 0 radical (unpaired) electrons. The van der Waals surface area contributed by atoms with E-state index in [1.807, 2.05) is 24.3 Å². The van der Waals surface area contributed by atoms with Crippen molar-refractivity contribution in [2.24, 2.45) is 29.6 Å². The number of thiazole rings is 1. The first kappa shape index (κ1) is 28.5. The van der Waals surface area contributed by atoms with Crippen LogP contribution in [-0.4, -0.2) is 70.7 Å². The van der Waals surface area contributed by atoms with Crippen molar-refractivity contribution in [3.63, 3.8) is 0 Å². The molecule has 2 saturated heterocycles. The molecule has 0 spiro atoms. The minimum absolute atomic E-state index is 0.000933. The lowest BCUT2D eigenvalue weighted by molar-refractivity contribution is -0.384. The van der Waals surface area contributed by atoms with Crippen molar-refractivity contribution >= 4 is 52.2 Å². The van der Waals surface area contributed by atoms with Crippen LogP contribution >= 0.6 is 23.1 Å². The molecular weight excluding hydrogens is 620 g/mol. The second-order valence-electron chi connectivity index (χ2n) is 12.1. The van der Waals surface area contributed by atoms with Crippen LogP contribution in [0, 0.1) is 39.7 Å². The van der Waals surface area contributed by atoms with Crippen molar-refractivity contribution in [3.8, 4) is 5.75 Å². The zero-order valence-electron chi connectivity index (χ0n) is 23.8. The topological polar surface area (TPSA) is 152 Å². The molecule has 14 heteroatoms. The Balaban J connectivity index is 1.10. The van der Waals surface area contributed by atoms with E-state index in [9.17, 15) is 29.3 Å². The van der Waals surface area contributed by atoms with Gasteiger partial charge in [0, 0.05) is 41.3 Å². The number of H-pyrrole nitrogens is 1. The fraction of sp³-hybridized carbons (Fsp3) is 0.419. The van der Waals surface area contributed by atoms with E-state index in [1.165, 1.54) is 40.5 Å². The first-order valence-electron chi connectivity index (χ1n) is 14.9. The molecule has 232 valence electrons. The number of carbonyl (C=O) groups excluding carboxylic acids is 3. The Morgan fingerprint density at radius 2 is 1.78 bits per heavy atom. The van der Waals surface area contributed by atoms with Gasteiger partial charge in [0.15, 0.2) is 6.61 Å². The van der Waals surface area contributed by atoms with E-state index in [0.717, 1.165) is 21.9 Å². The number of nitrogens with one attached hydrogen (secondary N) is 1. The highest BCUT2D eigenvalue weighted by Gasteiger charge is 2.69. The van der Waals surface area contributed by atoms with E-state index in [1.54, 1.807) is 16.7 Å². The largest absolute Gasteiger partial charge is 0.484 e. The average Bonchev–Trinajstić information content (AvgIpc) is 3.79. The number of nitro benzene ring substituents is 1. The monoisotopic (exact) mass is 648 g/mol. The van der Waals surface area contributed by atoms with Gasteiger partial charge in [-0.15, -0.1) is 11.8 Å². The molecule has 4 fully saturated rings. The molecule has 4 heterocycles. The first-order chi connectivity index (χ1) is 21.8. The number of benzene rings is 2. The van der Waals surface area contributed by atoms with E-state index in [4.69, 9.17) is 9.47 Å². The van der Waals surface area contributed by atoms with Crippen LogP contribution in [0.4, 0.5) is 11.4 Å². The number of ether oxygens (including phenoxy) is 2. The maximum Gasteiger partial charge on any atom is 0.305 e. The van der Waals surface area contributed by atoms with Crippen molar-refractivity contribution in [3.05, 3.63) is 78.8 Å². The fourth-order valence-electron chi connectivity index (χ4n) is 8.21. The molecule has 2 aromatic carbocycles. The number of nitro groups is 1. The molecule has 3 aliphatic heterocycles. The number of nitrogens with zero attached hydrogens (tertiary/aromatic N) is 3. The number of morpholine rings is 1. The van der Waals surface area contributed by atoms with Crippen LogP contribution in [-0.2, 0) is 19.1 Å². The number of amides is 3. The summed E-state index contributed by atoms with van der Waals surface area (Å²) in [5.74, 6) is -1.38. The minimum Gasteiger partial charge on any atom is -0.484 e. The molecule has 6 unspecified atom stereocenters. The number of thioether (sulfide) groups is 1. The van der Waals surface area contributed by atoms with Crippen LogP contribution in [0.15, 0.2) is 58.4 Å². The highest BCUT2D eigenvalue weighted by molar-refractivity contribution is 8.00. The lowest BCUT2D eigenvalue weighted by atomic mass is 9.68. The van der Waals surface area contributed by atoms with Gasteiger partial charge in [0.2, 0.25) is 11.8 Å². The second-order valence-corrected chi connectivity index (χ2v) is 14.3. The molecule has 45 heavy (non-hydrogen) atoms. The quantitative estimate of drug-likeness (QED) is 0.241. The Bertz CT molecular complexity index is 1780. The van der Waals surface area contributed by atoms with Crippen LogP contribution in [0.25, 0.3) is 0 Å². The van der Waals surface area contributed by atoms with Gasteiger partial charge in [-0.3, -0.25) is 34.2 Å². The summed E-state index contributed by atoms with van der Waals surface area (Å²) in [6.45, 7) is 1.99. The first-order valence-corrected chi connectivity index (χ1v) is 16.6. The standard InChI is InChI=1S/C31H28N4O8S2/c36-21(33-8-10-42-11-9-33)14-43-18-3-1-2-15(12-18)22-23-19-13-20(26(23)44-28-27(22)45-31(39)32-28)25-24(19)29(37)34(30(25)38)16-4-6-17(7-5-16)35(40)41/h1-7,12,19-20,22-26H,8-11,13-14H2,(H,32,39)/t19?,20?,22-,23?,24?,25?,26?/m1/s1. The molecular formula is C31H28N4O8S2. The molecule has 5 aliphatic rings. The van der Waals surface area contributed by atoms with E-state index in [0.29, 0.717) is 37.7 Å². The van der Waals surface area contributed by atoms with Gasteiger partial charge < -0.3 is 19.4 Å². The Labute approximate surface area is 264 Å². The summed E-state index contributed by atoms with van der Waals surface area (Å²) in [6, 6.07) is 13.1. The zero-order valence-corrected chi connectivity index (χ0v) is 25.5. The van der Waals surface area contributed by atoms with E-state index in [2.05, 4.69) is 4.98 Å². The molecule has 3 aromatic rings. The highest BCUT2D eigenvalue weighted by Crippen LogP contribution is 2.68. The number of hydrogen-bond donors (Lipinski definition) is 1. The SMILES string of the molecule is O=C(COc1cccc([C@H]2c3sc(=O)[nH]c3SC3C4CC(C5C(=O)N(c6ccc([N+](=O)[O-])cc6)C(=O)C45)C32)c1)N1CCOCC1. The number of rotatable bonds is 6. The van der Waals surface area contributed by atoms with Crippen molar-refractivity contribution in [1.82, 2.24) is 9.88 Å². The molecule has 7 atom stereocenters. The van der Waals surface area contributed by atoms with Gasteiger partial charge in [-0.1, -0.05) is 23.5 Å². The van der Waals surface area contributed by atoms with E-state index in [-0.39, 0.29) is 63.8 Å². The summed E-state index contributed by atoms with van der Waals surface area (Å²) >= 11 is 2.78. The predicted molar refractivity (Wildman–Crippen MR) is 163 cm³/mol. The van der Waals surface area contributed by atoms with Gasteiger partial charge in [0.1, 0.15) is 5.75 Å². The third kappa shape index (κ3) is 4.52.